The number of halogens is 2. The summed E-state index contributed by atoms with van der Waals surface area (Å²) in [4.78, 5) is 12.4. The predicted molar refractivity (Wildman–Crippen MR) is 99.5 cm³/mol. The highest BCUT2D eigenvalue weighted by Gasteiger charge is 2.13. The molecular formula is C20H18F2N2O4. The summed E-state index contributed by atoms with van der Waals surface area (Å²) in [7, 11) is 1.50. The van der Waals surface area contributed by atoms with E-state index in [2.05, 4.69) is 10.1 Å². The average molecular weight is 388 g/mol. The normalized spacial score (nSPS) is 10.9. The van der Waals surface area contributed by atoms with Gasteiger partial charge in [-0.3, -0.25) is 4.79 Å². The van der Waals surface area contributed by atoms with Crippen molar-refractivity contribution in [2.24, 2.45) is 0 Å². The molecule has 8 heteroatoms. The molecule has 2 aromatic rings. The van der Waals surface area contributed by atoms with Gasteiger partial charge in [-0.25, -0.2) is 0 Å². The molecular weight excluding hydrogens is 370 g/mol. The van der Waals surface area contributed by atoms with Gasteiger partial charge in [-0.15, -0.1) is 0 Å². The second-order valence-electron chi connectivity index (χ2n) is 5.37. The zero-order valence-corrected chi connectivity index (χ0v) is 15.2. The van der Waals surface area contributed by atoms with Crippen LogP contribution in [-0.2, 0) is 4.79 Å². The summed E-state index contributed by atoms with van der Waals surface area (Å²) in [5, 5.41) is 11.9. The van der Waals surface area contributed by atoms with Crippen LogP contribution in [0.1, 0.15) is 12.5 Å². The Bertz CT molecular complexity index is 907. The Labute approximate surface area is 160 Å². The number of benzene rings is 2. The maximum absolute atomic E-state index is 12.5. The largest absolute Gasteiger partial charge is 0.497 e. The fourth-order valence-corrected chi connectivity index (χ4v) is 2.29. The highest BCUT2D eigenvalue weighted by molar-refractivity contribution is 6.09. The van der Waals surface area contributed by atoms with E-state index < -0.39 is 12.5 Å². The van der Waals surface area contributed by atoms with Gasteiger partial charge in [0.15, 0.2) is 11.5 Å². The van der Waals surface area contributed by atoms with E-state index in [0.29, 0.717) is 17.0 Å². The van der Waals surface area contributed by atoms with Crippen LogP contribution in [0.25, 0.3) is 6.08 Å². The molecule has 0 atom stereocenters. The van der Waals surface area contributed by atoms with Crippen molar-refractivity contribution in [2.45, 2.75) is 13.5 Å². The Balaban J connectivity index is 2.26. The molecule has 0 saturated carbocycles. The number of nitriles is 1. The molecule has 146 valence electrons. The molecule has 0 saturated heterocycles. The number of nitrogens with one attached hydrogen (secondary N) is 1. The first-order valence-electron chi connectivity index (χ1n) is 8.25. The van der Waals surface area contributed by atoms with Crippen molar-refractivity contribution in [3.05, 3.63) is 53.6 Å². The van der Waals surface area contributed by atoms with Gasteiger partial charge in [-0.2, -0.15) is 14.0 Å². The summed E-state index contributed by atoms with van der Waals surface area (Å²) >= 11 is 0. The minimum atomic E-state index is -3.00. The maximum atomic E-state index is 12.5. The first kappa shape index (κ1) is 20.7. The van der Waals surface area contributed by atoms with Gasteiger partial charge in [-0.05, 0) is 42.8 Å². The third-order valence-electron chi connectivity index (χ3n) is 3.49. The van der Waals surface area contributed by atoms with Crippen molar-refractivity contribution in [1.29, 1.82) is 5.26 Å². The SMILES string of the molecule is CCOc1cc(/C=C(\C#N)C(=O)Nc2cccc(OC)c2)ccc1OC(F)F. The number of hydrogen-bond donors (Lipinski definition) is 1. The van der Waals surface area contributed by atoms with Crippen molar-refractivity contribution in [1.82, 2.24) is 0 Å². The quantitative estimate of drug-likeness (QED) is 0.540. The van der Waals surface area contributed by atoms with Crippen molar-refractivity contribution < 1.29 is 27.8 Å². The lowest BCUT2D eigenvalue weighted by Gasteiger charge is -2.12. The first-order valence-corrected chi connectivity index (χ1v) is 8.25. The predicted octanol–water partition coefficient (Wildman–Crippen LogP) is 4.24. The number of hydrogen-bond acceptors (Lipinski definition) is 5. The lowest BCUT2D eigenvalue weighted by molar-refractivity contribution is -0.112. The van der Waals surface area contributed by atoms with Crippen LogP contribution in [0.2, 0.25) is 0 Å². The Morgan fingerprint density at radius 2 is 2.04 bits per heavy atom. The van der Waals surface area contributed by atoms with Gasteiger partial charge < -0.3 is 19.5 Å². The molecule has 0 aromatic heterocycles. The number of ether oxygens (including phenoxy) is 3. The second kappa shape index (κ2) is 9.92. The van der Waals surface area contributed by atoms with E-state index in [1.54, 1.807) is 31.2 Å². The summed E-state index contributed by atoms with van der Waals surface area (Å²) in [6.07, 6.45) is 1.32. The zero-order chi connectivity index (χ0) is 20.5. The summed E-state index contributed by atoms with van der Waals surface area (Å²) in [6, 6.07) is 12.6. The molecule has 0 aliphatic heterocycles. The van der Waals surface area contributed by atoms with Crippen LogP contribution in [0.4, 0.5) is 14.5 Å². The minimum Gasteiger partial charge on any atom is -0.497 e. The lowest BCUT2D eigenvalue weighted by Crippen LogP contribution is -2.13. The number of amides is 1. The maximum Gasteiger partial charge on any atom is 0.387 e. The summed E-state index contributed by atoms with van der Waals surface area (Å²) in [5.41, 5.74) is 0.705. The molecule has 0 unspecified atom stereocenters. The number of alkyl halides is 2. The van der Waals surface area contributed by atoms with Gasteiger partial charge in [0.25, 0.3) is 5.91 Å². The van der Waals surface area contributed by atoms with Crippen molar-refractivity contribution >= 4 is 17.7 Å². The van der Waals surface area contributed by atoms with Gasteiger partial charge in [0.1, 0.15) is 17.4 Å². The molecule has 0 bridgehead atoms. The number of nitrogens with zero attached hydrogens (tertiary/aromatic N) is 1. The highest BCUT2D eigenvalue weighted by atomic mass is 19.3. The molecule has 1 N–H and O–H groups in total. The second-order valence-corrected chi connectivity index (χ2v) is 5.37. The Kier molecular flexibility index (Phi) is 7.34. The van der Waals surface area contributed by atoms with E-state index in [1.807, 2.05) is 6.07 Å². The van der Waals surface area contributed by atoms with Crippen molar-refractivity contribution in [2.75, 3.05) is 19.0 Å². The van der Waals surface area contributed by atoms with E-state index in [9.17, 15) is 18.8 Å². The van der Waals surface area contributed by atoms with E-state index in [1.165, 1.54) is 31.4 Å². The summed E-state index contributed by atoms with van der Waals surface area (Å²) < 4.78 is 39.7. The van der Waals surface area contributed by atoms with Crippen LogP contribution in [0.15, 0.2) is 48.0 Å². The summed E-state index contributed by atoms with van der Waals surface area (Å²) in [6.45, 7) is -1.07. The summed E-state index contributed by atoms with van der Waals surface area (Å²) in [5.74, 6) is -0.117. The molecule has 28 heavy (non-hydrogen) atoms. The molecule has 0 spiro atoms. The van der Waals surface area contributed by atoms with Crippen LogP contribution in [-0.4, -0.2) is 26.2 Å². The Morgan fingerprint density at radius 1 is 1.25 bits per heavy atom. The smallest absolute Gasteiger partial charge is 0.387 e. The molecule has 0 fully saturated rings. The Hall–Kier alpha value is -3.60. The van der Waals surface area contributed by atoms with Crippen LogP contribution in [0, 0.1) is 11.3 Å². The molecule has 0 radical (unpaired) electrons. The number of anilines is 1. The van der Waals surface area contributed by atoms with Gasteiger partial charge in [0.2, 0.25) is 0 Å². The van der Waals surface area contributed by atoms with Gasteiger partial charge in [0.05, 0.1) is 13.7 Å². The fourth-order valence-electron chi connectivity index (χ4n) is 2.29. The zero-order valence-electron chi connectivity index (χ0n) is 15.2. The number of carbonyl (C=O) groups excluding carboxylic acids is 1. The fraction of sp³-hybridized carbons (Fsp3) is 0.200. The van der Waals surface area contributed by atoms with Gasteiger partial charge in [0, 0.05) is 11.8 Å². The molecule has 6 nitrogen and oxygen atoms in total. The third kappa shape index (κ3) is 5.71. The number of carbonyl (C=O) groups is 1. The van der Waals surface area contributed by atoms with Crippen LogP contribution < -0.4 is 19.5 Å². The van der Waals surface area contributed by atoms with E-state index >= 15 is 0 Å². The van der Waals surface area contributed by atoms with E-state index in [4.69, 9.17) is 9.47 Å². The standard InChI is InChI=1S/C20H18F2N2O4/c1-3-27-18-10-13(7-8-17(18)28-20(21)22)9-14(12-23)19(25)24-15-5-4-6-16(11-15)26-2/h4-11,20H,3H2,1-2H3,(H,24,25)/b14-9+. The number of methoxy groups -OCH3 is 1. The molecule has 0 aliphatic carbocycles. The Morgan fingerprint density at radius 3 is 2.68 bits per heavy atom. The molecule has 0 aliphatic rings. The molecule has 2 aromatic carbocycles. The van der Waals surface area contributed by atoms with Crippen LogP contribution in [0.3, 0.4) is 0 Å². The van der Waals surface area contributed by atoms with Crippen molar-refractivity contribution in [3.63, 3.8) is 0 Å². The molecule has 2 rings (SSSR count). The number of rotatable bonds is 8. The molecule has 0 heterocycles. The van der Waals surface area contributed by atoms with Gasteiger partial charge >= 0.3 is 6.61 Å². The third-order valence-corrected chi connectivity index (χ3v) is 3.49. The highest BCUT2D eigenvalue weighted by Crippen LogP contribution is 2.30. The molecule has 1 amide bonds. The van der Waals surface area contributed by atoms with E-state index in [-0.39, 0.29) is 23.7 Å². The monoisotopic (exact) mass is 388 g/mol. The van der Waals surface area contributed by atoms with E-state index in [0.717, 1.165) is 0 Å². The van der Waals surface area contributed by atoms with Crippen molar-refractivity contribution in [3.8, 4) is 23.3 Å². The van der Waals surface area contributed by atoms with Crippen LogP contribution in [0.5, 0.6) is 17.2 Å². The lowest BCUT2D eigenvalue weighted by atomic mass is 10.1. The van der Waals surface area contributed by atoms with Gasteiger partial charge in [-0.1, -0.05) is 12.1 Å². The first-order chi connectivity index (χ1) is 13.5. The minimum absolute atomic E-state index is 0.0852. The average Bonchev–Trinajstić information content (AvgIpc) is 2.67. The topological polar surface area (TPSA) is 80.6 Å². The van der Waals surface area contributed by atoms with Crippen LogP contribution >= 0.6 is 0 Å².